The Morgan fingerprint density at radius 3 is 1.44 bits per heavy atom. The first kappa shape index (κ1) is 52.7. The molecule has 11 nitrogen and oxygen atoms in total. The van der Waals surface area contributed by atoms with E-state index in [1.165, 1.54) is 77.0 Å². The molecular formula is C43H78NO10P. The molecule has 0 aromatic carbocycles. The molecule has 0 aromatic rings. The fraction of sp³-hybridized carbons (Fsp3) is 0.791. The summed E-state index contributed by atoms with van der Waals surface area (Å²) in [6.45, 7) is 2.74. The number of aliphatic carboxylic acids is 1. The van der Waals surface area contributed by atoms with Gasteiger partial charge in [-0.2, -0.15) is 0 Å². The van der Waals surface area contributed by atoms with Crippen molar-refractivity contribution in [2.75, 3.05) is 19.8 Å². The number of carbonyl (C=O) groups excluding carboxylic acids is 2. The number of hydrogen-bond donors (Lipinski definition) is 3. The highest BCUT2D eigenvalue weighted by atomic mass is 31.2. The molecule has 0 saturated carbocycles. The van der Waals surface area contributed by atoms with Gasteiger partial charge in [0.1, 0.15) is 12.6 Å². The molecule has 1 unspecified atom stereocenters. The number of hydrogen-bond acceptors (Lipinski definition) is 9. The fourth-order valence-corrected chi connectivity index (χ4v) is 6.46. The van der Waals surface area contributed by atoms with Crippen molar-refractivity contribution >= 4 is 25.7 Å². The van der Waals surface area contributed by atoms with Crippen LogP contribution in [0.25, 0.3) is 0 Å². The highest BCUT2D eigenvalue weighted by Crippen LogP contribution is 2.43. The Morgan fingerprint density at radius 2 is 0.964 bits per heavy atom. The zero-order chi connectivity index (χ0) is 40.7. The zero-order valence-corrected chi connectivity index (χ0v) is 35.4. The van der Waals surface area contributed by atoms with Crippen LogP contribution in [-0.2, 0) is 37.5 Å². The lowest BCUT2D eigenvalue weighted by Gasteiger charge is -2.20. The maximum Gasteiger partial charge on any atom is 0.472 e. The Labute approximate surface area is 333 Å². The lowest BCUT2D eigenvalue weighted by atomic mass is 10.1. The molecular weight excluding hydrogens is 721 g/mol. The van der Waals surface area contributed by atoms with Gasteiger partial charge in [0, 0.05) is 12.8 Å². The molecule has 0 aromatic heterocycles. The number of esters is 2. The molecule has 0 rings (SSSR count). The lowest BCUT2D eigenvalue weighted by Crippen LogP contribution is -2.34. The molecule has 0 radical (unpaired) electrons. The van der Waals surface area contributed by atoms with Crippen LogP contribution in [0.4, 0.5) is 0 Å². The molecule has 0 fully saturated rings. The molecule has 0 bridgehead atoms. The Bertz CT molecular complexity index is 1080. The van der Waals surface area contributed by atoms with E-state index in [0.717, 1.165) is 70.6 Å². The van der Waals surface area contributed by atoms with Gasteiger partial charge >= 0.3 is 25.7 Å². The third-order valence-corrected chi connectivity index (χ3v) is 10.1. The summed E-state index contributed by atoms with van der Waals surface area (Å²) >= 11 is 0. The summed E-state index contributed by atoms with van der Waals surface area (Å²) in [5, 5.41) is 8.88. The average molecular weight is 800 g/mol. The van der Waals surface area contributed by atoms with Crippen LogP contribution in [0.3, 0.4) is 0 Å². The third kappa shape index (κ3) is 38.4. The first-order valence-corrected chi connectivity index (χ1v) is 23.0. The largest absolute Gasteiger partial charge is 0.480 e. The second-order valence-electron chi connectivity index (χ2n) is 14.5. The molecule has 0 aliphatic rings. The summed E-state index contributed by atoms with van der Waals surface area (Å²) in [6.07, 6.45) is 40.6. The van der Waals surface area contributed by atoms with Crippen LogP contribution < -0.4 is 5.73 Å². The van der Waals surface area contributed by atoms with Crippen LogP contribution in [0.5, 0.6) is 0 Å². The molecule has 320 valence electrons. The van der Waals surface area contributed by atoms with E-state index >= 15 is 0 Å². The van der Waals surface area contributed by atoms with Crippen molar-refractivity contribution in [2.24, 2.45) is 5.73 Å². The standard InChI is InChI=1S/C43H78NO10P/c1-3-5-7-9-11-13-15-17-18-19-20-21-22-23-25-26-28-30-32-34-41(45)51-36-39(37-52-55(49,50)53-38-40(44)43(47)48)54-42(46)35-33-31-29-27-24-16-14-12-10-8-6-4-2/h11-14,17-18,39-40H,3-10,15-16,19-38,44H2,1-2H3,(H,47,48)(H,49,50)/b13-11+,14-12+,18-17+/t39-,40+/m0/s1. The first-order chi connectivity index (χ1) is 26.6. The van der Waals surface area contributed by atoms with Crippen molar-refractivity contribution in [1.29, 1.82) is 0 Å². The van der Waals surface area contributed by atoms with Gasteiger partial charge in [0.05, 0.1) is 13.2 Å². The van der Waals surface area contributed by atoms with E-state index in [1.807, 2.05) is 0 Å². The number of allylic oxidation sites excluding steroid dienone is 6. The Morgan fingerprint density at radius 1 is 0.564 bits per heavy atom. The number of unbranched alkanes of at least 4 members (excludes halogenated alkanes) is 20. The van der Waals surface area contributed by atoms with E-state index in [-0.39, 0.29) is 19.4 Å². The number of phosphoric ester groups is 1. The molecule has 4 N–H and O–H groups in total. The van der Waals surface area contributed by atoms with Gasteiger partial charge in [0.2, 0.25) is 0 Å². The minimum Gasteiger partial charge on any atom is -0.480 e. The van der Waals surface area contributed by atoms with Crippen LogP contribution in [0.15, 0.2) is 36.5 Å². The van der Waals surface area contributed by atoms with E-state index < -0.39 is 51.1 Å². The van der Waals surface area contributed by atoms with Crippen LogP contribution in [0.2, 0.25) is 0 Å². The van der Waals surface area contributed by atoms with Gasteiger partial charge in [-0.25, -0.2) is 4.57 Å². The van der Waals surface area contributed by atoms with Crippen LogP contribution in [-0.4, -0.2) is 59.9 Å². The summed E-state index contributed by atoms with van der Waals surface area (Å²) in [7, 11) is -4.71. The number of carbonyl (C=O) groups is 3. The highest BCUT2D eigenvalue weighted by Gasteiger charge is 2.28. The maximum absolute atomic E-state index is 12.6. The van der Waals surface area contributed by atoms with E-state index in [9.17, 15) is 23.8 Å². The molecule has 3 atom stereocenters. The first-order valence-electron chi connectivity index (χ1n) is 21.5. The van der Waals surface area contributed by atoms with Crippen molar-refractivity contribution < 1.29 is 47.5 Å². The summed E-state index contributed by atoms with van der Waals surface area (Å²) in [6, 6.07) is -1.52. The fourth-order valence-electron chi connectivity index (χ4n) is 5.68. The predicted octanol–water partition coefficient (Wildman–Crippen LogP) is 11.2. The molecule has 0 amide bonds. The van der Waals surface area contributed by atoms with Gasteiger partial charge in [0.15, 0.2) is 6.10 Å². The van der Waals surface area contributed by atoms with Gasteiger partial charge in [-0.05, 0) is 70.6 Å². The summed E-state index contributed by atoms with van der Waals surface area (Å²) in [4.78, 5) is 45.9. The van der Waals surface area contributed by atoms with Gasteiger partial charge in [-0.15, -0.1) is 0 Å². The van der Waals surface area contributed by atoms with Crippen molar-refractivity contribution in [3.63, 3.8) is 0 Å². The van der Waals surface area contributed by atoms with E-state index in [0.29, 0.717) is 12.8 Å². The molecule has 0 spiro atoms. The molecule has 55 heavy (non-hydrogen) atoms. The summed E-state index contributed by atoms with van der Waals surface area (Å²) in [5.74, 6) is -2.39. The molecule has 0 aliphatic carbocycles. The van der Waals surface area contributed by atoms with Crippen LogP contribution >= 0.6 is 7.82 Å². The molecule has 0 aliphatic heterocycles. The van der Waals surface area contributed by atoms with Crippen molar-refractivity contribution in [3.8, 4) is 0 Å². The van der Waals surface area contributed by atoms with E-state index in [4.69, 9.17) is 24.8 Å². The van der Waals surface area contributed by atoms with Crippen molar-refractivity contribution in [2.45, 2.75) is 199 Å². The Kier molecular flexibility index (Phi) is 37.0. The minimum atomic E-state index is -4.71. The topological polar surface area (TPSA) is 172 Å². The third-order valence-electron chi connectivity index (χ3n) is 9.11. The maximum atomic E-state index is 12.6. The minimum absolute atomic E-state index is 0.150. The molecule has 0 heterocycles. The predicted molar refractivity (Wildman–Crippen MR) is 222 cm³/mol. The van der Waals surface area contributed by atoms with Crippen LogP contribution in [0, 0.1) is 0 Å². The average Bonchev–Trinajstić information content (AvgIpc) is 3.16. The number of carboxylic acids is 1. The summed E-state index contributed by atoms with van der Waals surface area (Å²) < 4.78 is 32.6. The van der Waals surface area contributed by atoms with Gasteiger partial charge in [-0.3, -0.25) is 23.4 Å². The molecule has 0 saturated heterocycles. The van der Waals surface area contributed by atoms with Crippen LogP contribution in [0.1, 0.15) is 187 Å². The number of phosphoric acid groups is 1. The van der Waals surface area contributed by atoms with Gasteiger partial charge < -0.3 is 25.2 Å². The highest BCUT2D eigenvalue weighted by molar-refractivity contribution is 7.47. The van der Waals surface area contributed by atoms with E-state index in [1.54, 1.807) is 0 Å². The smallest absolute Gasteiger partial charge is 0.472 e. The van der Waals surface area contributed by atoms with Gasteiger partial charge in [0.25, 0.3) is 0 Å². The number of carboxylic acid groups (broad SMARTS) is 1. The normalized spacial score (nSPS) is 14.1. The van der Waals surface area contributed by atoms with Gasteiger partial charge in [-0.1, -0.05) is 140 Å². The number of ether oxygens (including phenoxy) is 2. The molecule has 12 heteroatoms. The SMILES string of the molecule is CCCCC/C=C/C/C=C/CCCCCCCCCCCC(=O)OC[C@@H](COP(=O)(O)OC[C@@H](N)C(=O)O)OC(=O)CCCCCCC/C=C/CCCCC. The van der Waals surface area contributed by atoms with E-state index in [2.05, 4.69) is 54.8 Å². The number of nitrogens with two attached hydrogens (primary N) is 1. The van der Waals surface area contributed by atoms with Crippen molar-refractivity contribution in [3.05, 3.63) is 36.5 Å². The Balaban J connectivity index is 4.33. The zero-order valence-electron chi connectivity index (χ0n) is 34.5. The quantitative estimate of drug-likeness (QED) is 0.0233. The number of rotatable bonds is 40. The summed E-state index contributed by atoms with van der Waals surface area (Å²) in [5.41, 5.74) is 5.33. The Hall–Kier alpha value is -2.30. The monoisotopic (exact) mass is 800 g/mol. The second kappa shape index (κ2) is 38.6. The lowest BCUT2D eigenvalue weighted by molar-refractivity contribution is -0.161. The van der Waals surface area contributed by atoms with Crippen molar-refractivity contribution in [1.82, 2.24) is 0 Å². The second-order valence-corrected chi connectivity index (χ2v) is 15.9.